The molecule has 3 atom stereocenters. The van der Waals surface area contributed by atoms with E-state index in [0.717, 1.165) is 31.7 Å². The van der Waals surface area contributed by atoms with Crippen LogP contribution in [0.4, 0.5) is 13.2 Å². The second kappa shape index (κ2) is 6.54. The third-order valence-corrected chi connectivity index (χ3v) is 5.06. The van der Waals surface area contributed by atoms with Gasteiger partial charge in [-0.2, -0.15) is 0 Å². The summed E-state index contributed by atoms with van der Waals surface area (Å²) in [6, 6.07) is 4.82. The van der Waals surface area contributed by atoms with E-state index in [-0.39, 0.29) is 22.4 Å². The Morgan fingerprint density at radius 1 is 1.00 bits per heavy atom. The number of halogens is 4. The average Bonchev–Trinajstić information content (AvgIpc) is 2.68. The van der Waals surface area contributed by atoms with Gasteiger partial charge in [-0.05, 0) is 58.6 Å². The standard InChI is InChI=1S/C18H23ClF3NO2/c1-17(2,3)23-12-4-5-13(23)9-15(8-12)24-14-6-11(19)7-16(10-14)25-18(20,21)22/h6-7,10,12-13,15H,4-5,8-9H2,1-3H3/t12-,13+,15+. The summed E-state index contributed by atoms with van der Waals surface area (Å²) in [7, 11) is 0. The van der Waals surface area contributed by atoms with E-state index in [1.807, 2.05) is 0 Å². The predicted molar refractivity (Wildman–Crippen MR) is 90.2 cm³/mol. The molecule has 0 saturated carbocycles. The van der Waals surface area contributed by atoms with Gasteiger partial charge in [0.15, 0.2) is 0 Å². The van der Waals surface area contributed by atoms with Crippen LogP contribution in [0.1, 0.15) is 46.5 Å². The summed E-state index contributed by atoms with van der Waals surface area (Å²) in [6.45, 7) is 6.66. The highest BCUT2D eigenvalue weighted by molar-refractivity contribution is 6.30. The second-order valence-corrected chi connectivity index (χ2v) is 8.28. The molecule has 0 N–H and O–H groups in total. The maximum absolute atomic E-state index is 12.4. The molecule has 7 heteroatoms. The van der Waals surface area contributed by atoms with Crippen molar-refractivity contribution in [2.75, 3.05) is 0 Å². The summed E-state index contributed by atoms with van der Waals surface area (Å²) in [6.07, 6.45) is -0.752. The van der Waals surface area contributed by atoms with Crippen molar-refractivity contribution in [3.05, 3.63) is 23.2 Å². The number of hydrogen-bond donors (Lipinski definition) is 0. The van der Waals surface area contributed by atoms with Gasteiger partial charge in [0.05, 0.1) is 0 Å². The molecular formula is C18H23ClF3NO2. The van der Waals surface area contributed by atoms with E-state index in [1.54, 1.807) is 0 Å². The molecule has 25 heavy (non-hydrogen) atoms. The highest BCUT2D eigenvalue weighted by atomic mass is 35.5. The number of fused-ring (bicyclic) bond motifs is 2. The molecular weight excluding hydrogens is 355 g/mol. The summed E-state index contributed by atoms with van der Waals surface area (Å²) in [5.41, 5.74) is 0.112. The highest BCUT2D eigenvalue weighted by Gasteiger charge is 2.46. The van der Waals surface area contributed by atoms with Crippen molar-refractivity contribution in [1.82, 2.24) is 4.90 Å². The van der Waals surface area contributed by atoms with Crippen LogP contribution in [0.15, 0.2) is 18.2 Å². The van der Waals surface area contributed by atoms with Gasteiger partial charge < -0.3 is 9.47 Å². The first-order valence-corrected chi connectivity index (χ1v) is 8.90. The largest absolute Gasteiger partial charge is 0.573 e. The van der Waals surface area contributed by atoms with Gasteiger partial charge in [0.1, 0.15) is 17.6 Å². The fraction of sp³-hybridized carbons (Fsp3) is 0.667. The number of nitrogens with zero attached hydrogens (tertiary/aromatic N) is 1. The van der Waals surface area contributed by atoms with Crippen LogP contribution in [0.5, 0.6) is 11.5 Å². The predicted octanol–water partition coefficient (Wildman–Crippen LogP) is 5.41. The lowest BCUT2D eigenvalue weighted by Gasteiger charge is -2.46. The van der Waals surface area contributed by atoms with Crippen LogP contribution in [0.25, 0.3) is 0 Å². The van der Waals surface area contributed by atoms with Crippen LogP contribution in [0.2, 0.25) is 5.02 Å². The summed E-state index contributed by atoms with van der Waals surface area (Å²) < 4.78 is 47.2. The van der Waals surface area contributed by atoms with Crippen LogP contribution >= 0.6 is 11.6 Å². The lowest BCUT2D eigenvalue weighted by Crippen LogP contribution is -2.54. The van der Waals surface area contributed by atoms with Crippen molar-refractivity contribution in [2.45, 2.75) is 76.5 Å². The van der Waals surface area contributed by atoms with E-state index >= 15 is 0 Å². The van der Waals surface area contributed by atoms with Gasteiger partial charge in [-0.1, -0.05) is 11.6 Å². The van der Waals surface area contributed by atoms with Crippen LogP contribution < -0.4 is 9.47 Å². The van der Waals surface area contributed by atoms with Crippen LogP contribution in [0.3, 0.4) is 0 Å². The van der Waals surface area contributed by atoms with Crippen molar-refractivity contribution < 1.29 is 22.6 Å². The number of hydrogen-bond acceptors (Lipinski definition) is 3. The zero-order valence-corrected chi connectivity index (χ0v) is 15.3. The quantitative estimate of drug-likeness (QED) is 0.702. The molecule has 0 radical (unpaired) electrons. The van der Waals surface area contributed by atoms with Crippen LogP contribution in [0, 0.1) is 0 Å². The smallest absolute Gasteiger partial charge is 0.490 e. The van der Waals surface area contributed by atoms with Crippen LogP contribution in [-0.4, -0.2) is 35.0 Å². The minimum atomic E-state index is -4.75. The lowest BCUT2D eigenvalue weighted by molar-refractivity contribution is -0.274. The molecule has 2 heterocycles. The van der Waals surface area contributed by atoms with E-state index in [4.69, 9.17) is 16.3 Å². The number of benzene rings is 1. The van der Waals surface area contributed by atoms with Crippen LogP contribution in [-0.2, 0) is 0 Å². The van der Waals surface area contributed by atoms with E-state index < -0.39 is 6.36 Å². The van der Waals surface area contributed by atoms with Crippen molar-refractivity contribution in [2.24, 2.45) is 0 Å². The summed E-state index contributed by atoms with van der Waals surface area (Å²) >= 11 is 5.91. The minimum Gasteiger partial charge on any atom is -0.490 e. The maximum atomic E-state index is 12.4. The van der Waals surface area contributed by atoms with Crippen molar-refractivity contribution in [1.29, 1.82) is 0 Å². The van der Waals surface area contributed by atoms with Crippen molar-refractivity contribution >= 4 is 11.6 Å². The lowest BCUT2D eigenvalue weighted by atomic mass is 9.93. The molecule has 3 rings (SSSR count). The number of piperidine rings is 1. The number of ether oxygens (including phenoxy) is 2. The van der Waals surface area contributed by atoms with Gasteiger partial charge in [0.2, 0.25) is 0 Å². The third-order valence-electron chi connectivity index (χ3n) is 4.85. The van der Waals surface area contributed by atoms with E-state index in [9.17, 15) is 13.2 Å². The molecule has 2 bridgehead atoms. The average molecular weight is 378 g/mol. The molecule has 0 unspecified atom stereocenters. The maximum Gasteiger partial charge on any atom is 0.573 e. The Hall–Kier alpha value is -1.14. The molecule has 0 spiro atoms. The zero-order valence-electron chi connectivity index (χ0n) is 14.6. The first kappa shape index (κ1) is 18.6. The molecule has 3 nitrogen and oxygen atoms in total. The van der Waals surface area contributed by atoms with Gasteiger partial charge in [-0.15, -0.1) is 13.2 Å². The van der Waals surface area contributed by atoms with Gasteiger partial charge in [0.25, 0.3) is 0 Å². The Morgan fingerprint density at radius 3 is 2.08 bits per heavy atom. The molecule has 140 valence electrons. The first-order chi connectivity index (χ1) is 11.5. The second-order valence-electron chi connectivity index (χ2n) is 7.84. The monoisotopic (exact) mass is 377 g/mol. The van der Waals surface area contributed by atoms with Gasteiger partial charge in [-0.3, -0.25) is 4.90 Å². The fourth-order valence-corrected chi connectivity index (χ4v) is 4.52. The zero-order chi connectivity index (χ0) is 18.4. The molecule has 1 aromatic carbocycles. The summed E-state index contributed by atoms with van der Waals surface area (Å²) in [4.78, 5) is 2.56. The summed E-state index contributed by atoms with van der Waals surface area (Å²) in [5.74, 6) is -0.0366. The Balaban J connectivity index is 1.70. The fourth-order valence-electron chi connectivity index (χ4n) is 4.31. The normalized spacial score (nSPS) is 27.4. The van der Waals surface area contributed by atoms with E-state index in [1.165, 1.54) is 12.1 Å². The molecule has 0 aromatic heterocycles. The molecule has 2 aliphatic heterocycles. The number of alkyl halides is 3. The van der Waals surface area contributed by atoms with Crippen molar-refractivity contribution in [3.8, 4) is 11.5 Å². The Morgan fingerprint density at radius 2 is 1.56 bits per heavy atom. The van der Waals surface area contributed by atoms with E-state index in [2.05, 4.69) is 30.4 Å². The number of rotatable bonds is 3. The third kappa shape index (κ3) is 4.53. The van der Waals surface area contributed by atoms with E-state index in [0.29, 0.717) is 17.8 Å². The molecule has 0 aliphatic carbocycles. The SMILES string of the molecule is CC(C)(C)N1[C@@H]2CC[C@H]1C[C@@H](Oc1cc(Cl)cc(OC(F)(F)F)c1)C2. The topological polar surface area (TPSA) is 21.7 Å². The molecule has 1 aromatic rings. The first-order valence-electron chi connectivity index (χ1n) is 8.53. The highest BCUT2D eigenvalue weighted by Crippen LogP contribution is 2.42. The Labute approximate surface area is 151 Å². The minimum absolute atomic E-state index is 0.0201. The Bertz CT molecular complexity index is 616. The molecule has 0 amide bonds. The molecule has 2 aliphatic rings. The summed E-state index contributed by atoms with van der Waals surface area (Å²) in [5, 5.41) is 0.159. The Kier molecular flexibility index (Phi) is 4.88. The van der Waals surface area contributed by atoms with Gasteiger partial charge in [0, 0.05) is 28.7 Å². The van der Waals surface area contributed by atoms with Gasteiger partial charge in [-0.25, -0.2) is 0 Å². The molecule has 2 saturated heterocycles. The molecule has 2 fully saturated rings. The van der Waals surface area contributed by atoms with Gasteiger partial charge >= 0.3 is 6.36 Å². The van der Waals surface area contributed by atoms with Crippen molar-refractivity contribution in [3.63, 3.8) is 0 Å².